The quantitative estimate of drug-likeness (QED) is 0.783. The van der Waals surface area contributed by atoms with Gasteiger partial charge in [-0.05, 0) is 64.2 Å². The summed E-state index contributed by atoms with van der Waals surface area (Å²) in [5.41, 5.74) is 6.56. The van der Waals surface area contributed by atoms with Gasteiger partial charge in [-0.3, -0.25) is 4.79 Å². The second-order valence-electron chi connectivity index (χ2n) is 7.36. The molecule has 0 radical (unpaired) electrons. The zero-order valence-corrected chi connectivity index (χ0v) is 16.0. The van der Waals surface area contributed by atoms with E-state index in [2.05, 4.69) is 17.4 Å². The Kier molecular flexibility index (Phi) is 7.30. The molecular formula is C20H31N3O3. The van der Waals surface area contributed by atoms with Crippen molar-refractivity contribution in [2.45, 2.75) is 58.6 Å². The van der Waals surface area contributed by atoms with E-state index in [1.165, 1.54) is 5.56 Å². The maximum absolute atomic E-state index is 12.3. The molecule has 0 saturated carbocycles. The van der Waals surface area contributed by atoms with Crippen molar-refractivity contribution in [1.29, 1.82) is 0 Å². The Morgan fingerprint density at radius 3 is 2.35 bits per heavy atom. The first kappa shape index (κ1) is 20.1. The van der Waals surface area contributed by atoms with Gasteiger partial charge in [-0.1, -0.05) is 12.1 Å². The summed E-state index contributed by atoms with van der Waals surface area (Å²) in [6.07, 6.45) is 3.24. The number of benzene rings is 1. The number of carbonyl (C=O) groups excluding carboxylic acids is 2. The number of rotatable bonds is 7. The summed E-state index contributed by atoms with van der Waals surface area (Å²) in [5.74, 6) is 0.520. The first-order valence-corrected chi connectivity index (χ1v) is 9.45. The highest BCUT2D eigenvalue weighted by Gasteiger charge is 2.26. The van der Waals surface area contributed by atoms with E-state index in [9.17, 15) is 9.59 Å². The predicted molar refractivity (Wildman–Crippen MR) is 102 cm³/mol. The molecule has 1 aromatic carbocycles. The topological polar surface area (TPSA) is 84.7 Å². The maximum Gasteiger partial charge on any atom is 0.317 e. The molecular weight excluding hydrogens is 330 g/mol. The second kappa shape index (κ2) is 9.46. The van der Waals surface area contributed by atoms with Crippen LogP contribution in [0.4, 0.5) is 4.79 Å². The summed E-state index contributed by atoms with van der Waals surface area (Å²) in [6, 6.07) is 8.15. The summed E-state index contributed by atoms with van der Waals surface area (Å²) in [6.45, 7) is 7.21. The number of amides is 3. The van der Waals surface area contributed by atoms with E-state index < -0.39 is 0 Å². The van der Waals surface area contributed by atoms with Crippen molar-refractivity contribution >= 4 is 11.9 Å². The average molecular weight is 361 g/mol. The Morgan fingerprint density at radius 2 is 1.81 bits per heavy atom. The minimum Gasteiger partial charge on any atom is -0.491 e. The lowest BCUT2D eigenvalue weighted by Crippen LogP contribution is -2.48. The molecule has 1 heterocycles. The molecule has 1 aliphatic heterocycles. The van der Waals surface area contributed by atoms with Crippen molar-refractivity contribution in [3.63, 3.8) is 0 Å². The van der Waals surface area contributed by atoms with Crippen LogP contribution in [0.2, 0.25) is 0 Å². The third-order valence-electron chi connectivity index (χ3n) is 4.72. The lowest BCUT2D eigenvalue weighted by molar-refractivity contribution is -0.123. The van der Waals surface area contributed by atoms with Crippen molar-refractivity contribution in [2.75, 3.05) is 13.1 Å². The van der Waals surface area contributed by atoms with E-state index in [0.717, 1.165) is 18.6 Å². The molecule has 6 heteroatoms. The van der Waals surface area contributed by atoms with Gasteiger partial charge in [-0.25, -0.2) is 4.79 Å². The Morgan fingerprint density at radius 1 is 1.19 bits per heavy atom. The average Bonchev–Trinajstić information content (AvgIpc) is 2.60. The summed E-state index contributed by atoms with van der Waals surface area (Å²) in [4.78, 5) is 25.3. The number of nitrogens with zero attached hydrogens (tertiary/aromatic N) is 1. The van der Waals surface area contributed by atoms with Gasteiger partial charge in [0.2, 0.25) is 5.91 Å². The predicted octanol–water partition coefficient (Wildman–Crippen LogP) is 2.70. The number of urea groups is 1. The fourth-order valence-electron chi connectivity index (χ4n) is 3.13. The van der Waals surface area contributed by atoms with E-state index in [4.69, 9.17) is 10.5 Å². The molecule has 1 saturated heterocycles. The highest BCUT2D eigenvalue weighted by Crippen LogP contribution is 2.17. The van der Waals surface area contributed by atoms with Gasteiger partial charge in [0.1, 0.15) is 5.75 Å². The number of piperidine rings is 1. The number of likely N-dealkylation sites (tertiary alicyclic amines) is 1. The van der Waals surface area contributed by atoms with Gasteiger partial charge in [0.25, 0.3) is 0 Å². The number of hydrogen-bond acceptors (Lipinski definition) is 3. The molecule has 1 aliphatic rings. The number of nitrogens with two attached hydrogens (primary N) is 1. The molecule has 1 fully saturated rings. The van der Waals surface area contributed by atoms with Gasteiger partial charge < -0.3 is 20.7 Å². The van der Waals surface area contributed by atoms with Crippen molar-refractivity contribution in [3.8, 4) is 5.75 Å². The van der Waals surface area contributed by atoms with E-state index >= 15 is 0 Å². The Bertz CT molecular complexity index is 593. The zero-order chi connectivity index (χ0) is 19.1. The number of carbonyl (C=O) groups is 2. The van der Waals surface area contributed by atoms with Gasteiger partial charge in [0.15, 0.2) is 0 Å². The first-order chi connectivity index (χ1) is 12.3. The highest BCUT2D eigenvalue weighted by atomic mass is 16.5. The molecule has 6 nitrogen and oxygen atoms in total. The van der Waals surface area contributed by atoms with E-state index in [1.54, 1.807) is 4.90 Å². The molecule has 1 unspecified atom stereocenters. The van der Waals surface area contributed by atoms with E-state index in [1.807, 2.05) is 32.9 Å². The number of aryl methyl sites for hydroxylation is 1. The van der Waals surface area contributed by atoms with Crippen LogP contribution in [0.15, 0.2) is 24.3 Å². The van der Waals surface area contributed by atoms with Crippen molar-refractivity contribution < 1.29 is 14.3 Å². The van der Waals surface area contributed by atoms with Gasteiger partial charge in [-0.15, -0.1) is 0 Å². The van der Waals surface area contributed by atoms with Crippen LogP contribution in [0.5, 0.6) is 5.75 Å². The fraction of sp³-hybridized carbons (Fsp3) is 0.600. The van der Waals surface area contributed by atoms with Crippen LogP contribution in [0.3, 0.4) is 0 Å². The summed E-state index contributed by atoms with van der Waals surface area (Å²) >= 11 is 0. The molecule has 0 spiro atoms. The van der Waals surface area contributed by atoms with Crippen LogP contribution in [-0.2, 0) is 11.2 Å². The zero-order valence-electron chi connectivity index (χ0n) is 16.0. The second-order valence-corrected chi connectivity index (χ2v) is 7.36. The van der Waals surface area contributed by atoms with Crippen LogP contribution in [0.25, 0.3) is 0 Å². The maximum atomic E-state index is 12.3. The van der Waals surface area contributed by atoms with E-state index in [-0.39, 0.29) is 30.0 Å². The number of ether oxygens (including phenoxy) is 1. The van der Waals surface area contributed by atoms with Crippen LogP contribution < -0.4 is 15.8 Å². The molecule has 0 aromatic heterocycles. The Hall–Kier alpha value is -2.24. The Balaban J connectivity index is 1.72. The van der Waals surface area contributed by atoms with Crippen LogP contribution in [0, 0.1) is 5.92 Å². The van der Waals surface area contributed by atoms with Crippen molar-refractivity contribution in [3.05, 3.63) is 29.8 Å². The van der Waals surface area contributed by atoms with Gasteiger partial charge in [-0.2, -0.15) is 0 Å². The third-order valence-corrected chi connectivity index (χ3v) is 4.72. The molecule has 1 atom stereocenters. The van der Waals surface area contributed by atoms with Crippen molar-refractivity contribution in [2.24, 2.45) is 11.7 Å². The summed E-state index contributed by atoms with van der Waals surface area (Å²) in [5, 5.41) is 3.05. The Labute approximate surface area is 156 Å². The number of nitrogens with one attached hydrogen (secondary N) is 1. The minimum atomic E-state index is -0.261. The van der Waals surface area contributed by atoms with Gasteiger partial charge in [0.05, 0.1) is 6.10 Å². The highest BCUT2D eigenvalue weighted by molar-refractivity contribution is 5.78. The smallest absolute Gasteiger partial charge is 0.317 e. The monoisotopic (exact) mass is 361 g/mol. The molecule has 2 rings (SSSR count). The normalized spacial score (nSPS) is 16.4. The lowest BCUT2D eigenvalue weighted by atomic mass is 9.96. The molecule has 0 bridgehead atoms. The van der Waals surface area contributed by atoms with Crippen LogP contribution in [0.1, 0.15) is 45.6 Å². The molecule has 3 amide bonds. The summed E-state index contributed by atoms with van der Waals surface area (Å²) in [7, 11) is 0. The standard InChI is InChI=1S/C20H31N3O3/c1-14(2)26-18-8-6-16(7-9-18)5-4-15(3)22-20(25)23-12-10-17(11-13-23)19(21)24/h6-9,14-15,17H,4-5,10-13H2,1-3H3,(H2,21,24)(H,22,25). The number of primary amides is 1. The summed E-state index contributed by atoms with van der Waals surface area (Å²) < 4.78 is 5.65. The molecule has 0 aliphatic carbocycles. The van der Waals surface area contributed by atoms with Crippen molar-refractivity contribution in [1.82, 2.24) is 10.2 Å². The van der Waals surface area contributed by atoms with Gasteiger partial charge >= 0.3 is 6.03 Å². The van der Waals surface area contributed by atoms with Gasteiger partial charge in [0, 0.05) is 25.0 Å². The van der Waals surface area contributed by atoms with Crippen LogP contribution >= 0.6 is 0 Å². The minimum absolute atomic E-state index is 0.0545. The third kappa shape index (κ3) is 6.24. The van der Waals surface area contributed by atoms with Crippen LogP contribution in [-0.4, -0.2) is 42.1 Å². The molecule has 26 heavy (non-hydrogen) atoms. The molecule has 144 valence electrons. The largest absolute Gasteiger partial charge is 0.491 e. The molecule has 3 N–H and O–H groups in total. The number of hydrogen-bond donors (Lipinski definition) is 2. The SMILES string of the molecule is CC(CCc1ccc(OC(C)C)cc1)NC(=O)N1CCC(C(N)=O)CC1. The molecule has 1 aromatic rings. The van der Waals surface area contributed by atoms with E-state index in [0.29, 0.717) is 25.9 Å². The lowest BCUT2D eigenvalue weighted by Gasteiger charge is -2.31. The fourth-order valence-corrected chi connectivity index (χ4v) is 3.13. The first-order valence-electron chi connectivity index (χ1n) is 9.45.